The number of rotatable bonds is 7. The zero-order valence-electron chi connectivity index (χ0n) is 13.3. The maximum atomic E-state index is 5.69. The van der Waals surface area contributed by atoms with E-state index < -0.39 is 0 Å². The quantitative estimate of drug-likeness (QED) is 0.778. The SMILES string of the molecule is CCNCCCc1c(C)nc(C2(OC)CCC2)nc1C. The van der Waals surface area contributed by atoms with E-state index in [-0.39, 0.29) is 5.60 Å². The molecule has 4 heteroatoms. The van der Waals surface area contributed by atoms with Crippen LogP contribution >= 0.6 is 0 Å². The smallest absolute Gasteiger partial charge is 0.160 e. The van der Waals surface area contributed by atoms with Crippen molar-refractivity contribution in [2.75, 3.05) is 20.2 Å². The predicted molar refractivity (Wildman–Crippen MR) is 80.9 cm³/mol. The van der Waals surface area contributed by atoms with Crippen molar-refractivity contribution in [2.45, 2.75) is 58.5 Å². The molecule has 0 amide bonds. The average molecular weight is 277 g/mol. The molecular weight excluding hydrogens is 250 g/mol. The van der Waals surface area contributed by atoms with Crippen molar-refractivity contribution in [3.05, 3.63) is 22.8 Å². The Labute approximate surface area is 122 Å². The topological polar surface area (TPSA) is 47.0 Å². The second-order valence-electron chi connectivity index (χ2n) is 5.71. The fourth-order valence-electron chi connectivity index (χ4n) is 2.89. The Balaban J connectivity index is 2.12. The van der Waals surface area contributed by atoms with Gasteiger partial charge in [-0.25, -0.2) is 9.97 Å². The molecule has 1 heterocycles. The van der Waals surface area contributed by atoms with Crippen molar-refractivity contribution >= 4 is 0 Å². The van der Waals surface area contributed by atoms with Crippen molar-refractivity contribution in [1.29, 1.82) is 0 Å². The molecule has 1 aliphatic carbocycles. The van der Waals surface area contributed by atoms with Crippen LogP contribution in [0.25, 0.3) is 0 Å². The van der Waals surface area contributed by atoms with Gasteiger partial charge in [0.2, 0.25) is 0 Å². The third-order valence-electron chi connectivity index (χ3n) is 4.41. The summed E-state index contributed by atoms with van der Waals surface area (Å²) in [4.78, 5) is 9.48. The molecule has 4 nitrogen and oxygen atoms in total. The third kappa shape index (κ3) is 3.01. The number of methoxy groups -OCH3 is 1. The van der Waals surface area contributed by atoms with Crippen LogP contribution < -0.4 is 5.32 Å². The lowest BCUT2D eigenvalue weighted by atomic mass is 9.79. The standard InChI is InChI=1S/C16H27N3O/c1-5-17-11-6-8-14-12(2)18-15(19-13(14)3)16(20-4)9-7-10-16/h17H,5-11H2,1-4H3. The lowest BCUT2D eigenvalue weighted by Gasteiger charge is -2.39. The van der Waals surface area contributed by atoms with Gasteiger partial charge in [-0.1, -0.05) is 6.92 Å². The van der Waals surface area contributed by atoms with E-state index in [9.17, 15) is 0 Å². The zero-order chi connectivity index (χ0) is 14.6. The van der Waals surface area contributed by atoms with Crippen LogP contribution in [-0.4, -0.2) is 30.2 Å². The van der Waals surface area contributed by atoms with E-state index in [2.05, 4.69) is 26.1 Å². The molecular formula is C16H27N3O. The van der Waals surface area contributed by atoms with E-state index in [0.717, 1.165) is 56.0 Å². The van der Waals surface area contributed by atoms with Crippen molar-refractivity contribution in [3.63, 3.8) is 0 Å². The lowest BCUT2D eigenvalue weighted by Crippen LogP contribution is -2.38. The maximum Gasteiger partial charge on any atom is 0.160 e. The first kappa shape index (κ1) is 15.4. The van der Waals surface area contributed by atoms with Gasteiger partial charge in [-0.3, -0.25) is 0 Å². The van der Waals surface area contributed by atoms with Crippen molar-refractivity contribution in [1.82, 2.24) is 15.3 Å². The number of hydrogen-bond donors (Lipinski definition) is 1. The predicted octanol–water partition coefficient (Wildman–Crippen LogP) is 2.66. The Morgan fingerprint density at radius 2 is 1.85 bits per heavy atom. The molecule has 1 aliphatic rings. The fourth-order valence-corrected chi connectivity index (χ4v) is 2.89. The molecule has 0 aliphatic heterocycles. The molecule has 0 spiro atoms. The first-order chi connectivity index (χ1) is 9.63. The van der Waals surface area contributed by atoms with E-state index >= 15 is 0 Å². The Bertz CT molecular complexity index is 427. The minimum atomic E-state index is -0.210. The molecule has 1 N–H and O–H groups in total. The van der Waals surface area contributed by atoms with Crippen LogP contribution in [0, 0.1) is 13.8 Å². The number of aromatic nitrogens is 2. The molecule has 1 aromatic heterocycles. The van der Waals surface area contributed by atoms with Gasteiger partial charge < -0.3 is 10.1 Å². The van der Waals surface area contributed by atoms with E-state index in [4.69, 9.17) is 14.7 Å². The number of aryl methyl sites for hydroxylation is 2. The van der Waals surface area contributed by atoms with Crippen LogP contribution in [0.1, 0.15) is 55.4 Å². The normalized spacial score (nSPS) is 17.0. The van der Waals surface area contributed by atoms with Crippen molar-refractivity contribution in [3.8, 4) is 0 Å². The largest absolute Gasteiger partial charge is 0.370 e. The minimum Gasteiger partial charge on any atom is -0.370 e. The summed E-state index contributed by atoms with van der Waals surface area (Å²) in [7, 11) is 1.78. The van der Waals surface area contributed by atoms with E-state index in [1.54, 1.807) is 7.11 Å². The Morgan fingerprint density at radius 3 is 2.30 bits per heavy atom. The van der Waals surface area contributed by atoms with Gasteiger partial charge in [-0.15, -0.1) is 0 Å². The molecule has 0 atom stereocenters. The fraction of sp³-hybridized carbons (Fsp3) is 0.750. The molecule has 0 saturated heterocycles. The lowest BCUT2D eigenvalue weighted by molar-refractivity contribution is -0.0848. The Kier molecular flexibility index (Phi) is 5.11. The maximum absolute atomic E-state index is 5.69. The molecule has 1 fully saturated rings. The van der Waals surface area contributed by atoms with Gasteiger partial charge in [0.05, 0.1) is 0 Å². The van der Waals surface area contributed by atoms with Gasteiger partial charge in [-0.2, -0.15) is 0 Å². The summed E-state index contributed by atoms with van der Waals surface area (Å²) < 4.78 is 5.69. The number of ether oxygens (including phenoxy) is 1. The van der Waals surface area contributed by atoms with Crippen molar-refractivity contribution < 1.29 is 4.74 Å². The van der Waals surface area contributed by atoms with Gasteiger partial charge in [0.1, 0.15) is 5.60 Å². The van der Waals surface area contributed by atoms with Gasteiger partial charge in [0.25, 0.3) is 0 Å². The molecule has 1 saturated carbocycles. The molecule has 1 aromatic rings. The molecule has 2 rings (SSSR count). The first-order valence-electron chi connectivity index (χ1n) is 7.73. The van der Waals surface area contributed by atoms with E-state index in [1.807, 2.05) is 0 Å². The van der Waals surface area contributed by atoms with Crippen LogP contribution in [-0.2, 0) is 16.8 Å². The second kappa shape index (κ2) is 6.64. The van der Waals surface area contributed by atoms with Gasteiger partial charge in [0, 0.05) is 18.5 Å². The molecule has 0 radical (unpaired) electrons. The summed E-state index contributed by atoms with van der Waals surface area (Å²) in [6.07, 6.45) is 5.47. The van der Waals surface area contributed by atoms with Crippen LogP contribution in [0.4, 0.5) is 0 Å². The highest BCUT2D eigenvalue weighted by molar-refractivity contribution is 5.26. The summed E-state index contributed by atoms with van der Waals surface area (Å²) >= 11 is 0. The zero-order valence-corrected chi connectivity index (χ0v) is 13.3. The first-order valence-corrected chi connectivity index (χ1v) is 7.73. The van der Waals surface area contributed by atoms with Gasteiger partial charge in [-0.05, 0) is 64.6 Å². The second-order valence-corrected chi connectivity index (χ2v) is 5.71. The monoisotopic (exact) mass is 277 g/mol. The van der Waals surface area contributed by atoms with E-state index in [1.165, 1.54) is 12.0 Å². The number of hydrogen-bond acceptors (Lipinski definition) is 4. The molecule has 0 unspecified atom stereocenters. The Morgan fingerprint density at radius 1 is 1.20 bits per heavy atom. The van der Waals surface area contributed by atoms with Gasteiger partial charge in [0.15, 0.2) is 5.82 Å². The molecule has 0 aromatic carbocycles. The average Bonchev–Trinajstić information content (AvgIpc) is 2.36. The molecule has 0 bridgehead atoms. The van der Waals surface area contributed by atoms with Crippen LogP contribution in [0.3, 0.4) is 0 Å². The van der Waals surface area contributed by atoms with Crippen molar-refractivity contribution in [2.24, 2.45) is 0 Å². The highest BCUT2D eigenvalue weighted by atomic mass is 16.5. The number of nitrogens with one attached hydrogen (secondary N) is 1. The van der Waals surface area contributed by atoms with Crippen LogP contribution in [0.5, 0.6) is 0 Å². The Hall–Kier alpha value is -1.00. The molecule has 112 valence electrons. The highest BCUT2D eigenvalue weighted by Gasteiger charge is 2.42. The van der Waals surface area contributed by atoms with Gasteiger partial charge >= 0.3 is 0 Å². The summed E-state index contributed by atoms with van der Waals surface area (Å²) in [6, 6.07) is 0. The van der Waals surface area contributed by atoms with Crippen LogP contribution in [0.2, 0.25) is 0 Å². The molecule has 20 heavy (non-hydrogen) atoms. The highest BCUT2D eigenvalue weighted by Crippen LogP contribution is 2.42. The van der Waals surface area contributed by atoms with E-state index in [0.29, 0.717) is 0 Å². The summed E-state index contributed by atoms with van der Waals surface area (Å²) in [5.74, 6) is 0.886. The minimum absolute atomic E-state index is 0.210. The number of nitrogens with zero attached hydrogens (tertiary/aromatic N) is 2. The summed E-state index contributed by atoms with van der Waals surface area (Å²) in [5, 5.41) is 3.36. The summed E-state index contributed by atoms with van der Waals surface area (Å²) in [5.41, 5.74) is 3.33. The third-order valence-corrected chi connectivity index (χ3v) is 4.41. The van der Waals surface area contributed by atoms with Crippen LogP contribution in [0.15, 0.2) is 0 Å². The summed E-state index contributed by atoms with van der Waals surface area (Å²) in [6.45, 7) is 8.42.